The van der Waals surface area contributed by atoms with Gasteiger partial charge in [-0.1, -0.05) is 59.2 Å². The molecule has 5 aromatic rings. The number of nitrogens with one attached hydrogen (secondary N) is 1. The zero-order valence-corrected chi connectivity index (χ0v) is 21.6. The maximum atomic E-state index is 13.2. The topological polar surface area (TPSA) is 64.4 Å². The minimum Gasteiger partial charge on any atom is -0.489 e. The van der Waals surface area contributed by atoms with Crippen LogP contribution in [-0.4, -0.2) is 11.1 Å². The highest BCUT2D eigenvalue weighted by Gasteiger charge is 2.16. The van der Waals surface area contributed by atoms with E-state index >= 15 is 0 Å². The van der Waals surface area contributed by atoms with E-state index in [-0.39, 0.29) is 17.4 Å². The number of para-hydroxylation sites is 1. The normalized spacial score (nSPS) is 10.8. The third-order valence-corrected chi connectivity index (χ3v) is 7.19. The van der Waals surface area contributed by atoms with E-state index < -0.39 is 0 Å². The average Bonchev–Trinajstić information content (AvgIpc) is 3.44. The van der Waals surface area contributed by atoms with E-state index in [9.17, 15) is 9.18 Å². The molecule has 0 bridgehead atoms. The van der Waals surface area contributed by atoms with Gasteiger partial charge in [-0.15, -0.1) is 11.8 Å². The van der Waals surface area contributed by atoms with Crippen molar-refractivity contribution < 1.29 is 18.4 Å². The second-order valence-electron chi connectivity index (χ2n) is 8.35. The summed E-state index contributed by atoms with van der Waals surface area (Å²) in [5.41, 5.74) is 3.47. The second-order valence-corrected chi connectivity index (χ2v) is 9.77. The van der Waals surface area contributed by atoms with E-state index in [0.29, 0.717) is 34.6 Å². The van der Waals surface area contributed by atoms with Crippen molar-refractivity contribution in [1.82, 2.24) is 5.16 Å². The summed E-state index contributed by atoms with van der Waals surface area (Å²) in [4.78, 5) is 13.8. The highest BCUT2D eigenvalue weighted by atomic mass is 35.5. The summed E-state index contributed by atoms with van der Waals surface area (Å²) in [6.07, 6.45) is 0. The molecule has 8 heteroatoms. The first-order valence-corrected chi connectivity index (χ1v) is 13.1. The van der Waals surface area contributed by atoms with Crippen molar-refractivity contribution in [2.75, 3.05) is 5.32 Å². The number of aromatic nitrogens is 1. The number of nitrogens with zero attached hydrogens (tertiary/aromatic N) is 1. The molecule has 1 N–H and O–H groups in total. The lowest BCUT2D eigenvalue weighted by Gasteiger charge is -2.10. The van der Waals surface area contributed by atoms with Gasteiger partial charge in [-0.25, -0.2) is 4.39 Å². The molecule has 0 aliphatic heterocycles. The molecule has 5 rings (SSSR count). The number of halogens is 2. The quantitative estimate of drug-likeness (QED) is 0.189. The molecular weight excluding hydrogens is 523 g/mol. The van der Waals surface area contributed by atoms with Crippen LogP contribution in [0.2, 0.25) is 5.02 Å². The van der Waals surface area contributed by atoms with Gasteiger partial charge in [0.15, 0.2) is 11.5 Å². The van der Waals surface area contributed by atoms with E-state index in [1.165, 1.54) is 12.1 Å². The lowest BCUT2D eigenvalue weighted by atomic mass is 10.1. The van der Waals surface area contributed by atoms with E-state index in [4.69, 9.17) is 20.9 Å². The van der Waals surface area contributed by atoms with Gasteiger partial charge in [-0.05, 0) is 60.2 Å². The van der Waals surface area contributed by atoms with E-state index in [0.717, 1.165) is 21.6 Å². The van der Waals surface area contributed by atoms with Gasteiger partial charge >= 0.3 is 0 Å². The molecule has 0 saturated heterocycles. The number of ether oxygens (including phenoxy) is 1. The van der Waals surface area contributed by atoms with Crippen LogP contribution in [0.1, 0.15) is 21.6 Å². The molecule has 0 aliphatic rings. The van der Waals surface area contributed by atoms with Crippen LogP contribution in [0.3, 0.4) is 0 Å². The monoisotopic (exact) mass is 544 g/mol. The Bertz CT molecular complexity index is 1540. The van der Waals surface area contributed by atoms with Gasteiger partial charge in [0.1, 0.15) is 18.2 Å². The van der Waals surface area contributed by atoms with Crippen LogP contribution >= 0.6 is 23.4 Å². The summed E-state index contributed by atoms with van der Waals surface area (Å²) in [6.45, 7) is 0.356. The highest BCUT2D eigenvalue weighted by molar-refractivity contribution is 7.98. The zero-order valence-electron chi connectivity index (χ0n) is 20.1. The molecule has 1 aromatic heterocycles. The Kier molecular flexibility index (Phi) is 8.06. The fourth-order valence-corrected chi connectivity index (χ4v) is 4.79. The molecule has 1 amide bonds. The molecule has 5 nitrogen and oxygen atoms in total. The maximum Gasteiger partial charge on any atom is 0.277 e. The lowest BCUT2D eigenvalue weighted by Crippen LogP contribution is -2.12. The molecule has 0 fully saturated rings. The zero-order chi connectivity index (χ0) is 26.3. The van der Waals surface area contributed by atoms with Crippen LogP contribution in [0.25, 0.3) is 11.3 Å². The Hall–Kier alpha value is -4.07. The molecule has 0 radical (unpaired) electrons. The fourth-order valence-electron chi connectivity index (χ4n) is 3.63. The third kappa shape index (κ3) is 6.43. The van der Waals surface area contributed by atoms with Gasteiger partial charge in [0.25, 0.3) is 5.91 Å². The Morgan fingerprint density at radius 1 is 0.947 bits per heavy atom. The smallest absolute Gasteiger partial charge is 0.277 e. The van der Waals surface area contributed by atoms with Gasteiger partial charge in [0.05, 0.1) is 5.69 Å². The van der Waals surface area contributed by atoms with Gasteiger partial charge in [0, 0.05) is 32.9 Å². The standard InChI is InChI=1S/C30H22ClFN2O3S/c31-25-6-2-1-5-22(25)18-36-24-15-11-21(12-16-24)28-17-27(34-37-28)30(35)33-26-7-3-4-8-29(26)38-19-20-9-13-23(32)14-10-20/h1-17H,18-19H2,(H,33,35). The molecule has 0 spiro atoms. The first kappa shape index (κ1) is 25.6. The van der Waals surface area contributed by atoms with Gasteiger partial charge in [-0.2, -0.15) is 0 Å². The van der Waals surface area contributed by atoms with Gasteiger partial charge in [-0.3, -0.25) is 4.79 Å². The minimum absolute atomic E-state index is 0.164. The molecule has 4 aromatic carbocycles. The average molecular weight is 545 g/mol. The number of hydrogen-bond donors (Lipinski definition) is 1. The lowest BCUT2D eigenvalue weighted by molar-refractivity contribution is 0.101. The number of anilines is 1. The number of rotatable bonds is 9. The SMILES string of the molecule is O=C(Nc1ccccc1SCc1ccc(F)cc1)c1cc(-c2ccc(OCc3ccccc3Cl)cc2)on1. The number of benzene rings is 4. The molecule has 0 aliphatic carbocycles. The predicted octanol–water partition coefficient (Wildman–Crippen LogP) is 8.26. The van der Waals surface area contributed by atoms with Crippen molar-refractivity contribution in [1.29, 1.82) is 0 Å². The molecule has 38 heavy (non-hydrogen) atoms. The van der Waals surface area contributed by atoms with Crippen molar-refractivity contribution in [3.05, 3.63) is 131 Å². The number of hydrogen-bond acceptors (Lipinski definition) is 5. The Balaban J connectivity index is 1.21. The maximum absolute atomic E-state index is 13.2. The largest absolute Gasteiger partial charge is 0.489 e. The van der Waals surface area contributed by atoms with Crippen molar-refractivity contribution >= 4 is 35.0 Å². The van der Waals surface area contributed by atoms with Crippen LogP contribution in [-0.2, 0) is 12.4 Å². The van der Waals surface area contributed by atoms with Crippen LogP contribution in [0, 0.1) is 5.82 Å². The predicted molar refractivity (Wildman–Crippen MR) is 148 cm³/mol. The number of amides is 1. The van der Waals surface area contributed by atoms with E-state index in [1.807, 2.05) is 72.8 Å². The Morgan fingerprint density at radius 3 is 2.47 bits per heavy atom. The summed E-state index contributed by atoms with van der Waals surface area (Å²) in [5.74, 6) is 1.14. The van der Waals surface area contributed by atoms with Crippen LogP contribution < -0.4 is 10.1 Å². The summed E-state index contributed by atoms with van der Waals surface area (Å²) < 4.78 is 24.4. The summed E-state index contributed by atoms with van der Waals surface area (Å²) in [7, 11) is 0. The Labute approximate surface area is 228 Å². The molecule has 0 saturated carbocycles. The van der Waals surface area contributed by atoms with Crippen LogP contribution in [0.15, 0.2) is 113 Å². The van der Waals surface area contributed by atoms with Gasteiger partial charge in [0.2, 0.25) is 0 Å². The second kappa shape index (κ2) is 12.0. The number of carbonyl (C=O) groups excluding carboxylic acids is 1. The molecule has 0 atom stereocenters. The summed E-state index contributed by atoms with van der Waals surface area (Å²) >= 11 is 7.73. The molecule has 190 valence electrons. The third-order valence-electron chi connectivity index (χ3n) is 5.68. The van der Waals surface area contributed by atoms with Crippen molar-refractivity contribution in [2.45, 2.75) is 17.3 Å². The fraction of sp³-hybridized carbons (Fsp3) is 0.0667. The van der Waals surface area contributed by atoms with E-state index in [2.05, 4.69) is 10.5 Å². The van der Waals surface area contributed by atoms with Crippen LogP contribution in [0.5, 0.6) is 5.75 Å². The van der Waals surface area contributed by atoms with Crippen molar-refractivity contribution in [3.8, 4) is 17.1 Å². The molecular formula is C30H22ClFN2O3S. The van der Waals surface area contributed by atoms with Crippen molar-refractivity contribution in [2.24, 2.45) is 0 Å². The first-order valence-electron chi connectivity index (χ1n) is 11.8. The number of carbonyl (C=O) groups is 1. The van der Waals surface area contributed by atoms with E-state index in [1.54, 1.807) is 30.0 Å². The number of thioether (sulfide) groups is 1. The molecule has 0 unspecified atom stereocenters. The highest BCUT2D eigenvalue weighted by Crippen LogP contribution is 2.31. The first-order chi connectivity index (χ1) is 18.5. The summed E-state index contributed by atoms with van der Waals surface area (Å²) in [5, 5.41) is 7.52. The van der Waals surface area contributed by atoms with Crippen molar-refractivity contribution in [3.63, 3.8) is 0 Å². The van der Waals surface area contributed by atoms with Crippen LogP contribution in [0.4, 0.5) is 10.1 Å². The molecule has 1 heterocycles. The van der Waals surface area contributed by atoms with Gasteiger partial charge < -0.3 is 14.6 Å². The Morgan fingerprint density at radius 2 is 1.68 bits per heavy atom. The summed E-state index contributed by atoms with van der Waals surface area (Å²) in [6, 6.07) is 30.3. The minimum atomic E-state index is -0.380.